The molecule has 0 aromatic heterocycles. The summed E-state index contributed by atoms with van der Waals surface area (Å²) in [6.07, 6.45) is 4.46. The van der Waals surface area contributed by atoms with Crippen molar-refractivity contribution in [1.82, 2.24) is 0 Å². The van der Waals surface area contributed by atoms with Gasteiger partial charge in [0.25, 0.3) is 0 Å². The van der Waals surface area contributed by atoms with Crippen LogP contribution < -0.4 is 0 Å². The van der Waals surface area contributed by atoms with Crippen LogP contribution in [0.3, 0.4) is 0 Å². The van der Waals surface area contributed by atoms with Crippen molar-refractivity contribution >= 4 is 11.8 Å². The van der Waals surface area contributed by atoms with Crippen LogP contribution in [0, 0.1) is 5.41 Å². The van der Waals surface area contributed by atoms with Crippen molar-refractivity contribution in [3.63, 3.8) is 0 Å². The molecule has 0 aromatic carbocycles. The van der Waals surface area contributed by atoms with Gasteiger partial charge in [0.2, 0.25) is 0 Å². The lowest BCUT2D eigenvalue weighted by atomic mass is 9.89. The molecule has 0 aliphatic carbocycles. The standard InChI is InChI=1S/C8H18OS/c1-8(2,7-9)5-4-6-10-3/h9H,4-7H2,1-3H3. The largest absolute Gasteiger partial charge is 0.396 e. The molecule has 0 aromatic rings. The normalized spacial score (nSPS) is 12.0. The summed E-state index contributed by atoms with van der Waals surface area (Å²) < 4.78 is 0. The Labute approximate surface area is 68.2 Å². The molecule has 10 heavy (non-hydrogen) atoms. The van der Waals surface area contributed by atoms with E-state index in [1.54, 1.807) is 0 Å². The predicted octanol–water partition coefficient (Wildman–Crippen LogP) is 2.15. The number of thioether (sulfide) groups is 1. The van der Waals surface area contributed by atoms with E-state index in [9.17, 15) is 0 Å². The molecular formula is C8H18OS. The van der Waals surface area contributed by atoms with E-state index in [0.717, 1.165) is 6.42 Å². The fourth-order valence-electron chi connectivity index (χ4n) is 0.774. The van der Waals surface area contributed by atoms with Gasteiger partial charge in [-0.25, -0.2) is 0 Å². The van der Waals surface area contributed by atoms with Crippen molar-refractivity contribution in [2.45, 2.75) is 26.7 Å². The molecule has 0 bridgehead atoms. The molecule has 0 atom stereocenters. The maximum atomic E-state index is 8.89. The topological polar surface area (TPSA) is 20.2 Å². The van der Waals surface area contributed by atoms with Crippen LogP contribution in [0.25, 0.3) is 0 Å². The lowest BCUT2D eigenvalue weighted by molar-refractivity contribution is 0.150. The maximum Gasteiger partial charge on any atom is 0.0482 e. The van der Waals surface area contributed by atoms with Crippen LogP contribution in [0.2, 0.25) is 0 Å². The van der Waals surface area contributed by atoms with Crippen molar-refractivity contribution < 1.29 is 5.11 Å². The number of hydrogen-bond acceptors (Lipinski definition) is 2. The van der Waals surface area contributed by atoms with Gasteiger partial charge in [-0.15, -0.1) is 0 Å². The van der Waals surface area contributed by atoms with Gasteiger partial charge >= 0.3 is 0 Å². The van der Waals surface area contributed by atoms with Crippen LogP contribution in [0.4, 0.5) is 0 Å². The molecule has 1 N–H and O–H groups in total. The molecule has 0 heterocycles. The molecule has 0 rings (SSSR count). The van der Waals surface area contributed by atoms with E-state index in [0.29, 0.717) is 6.61 Å². The molecule has 2 heteroatoms. The molecule has 0 aliphatic rings. The summed E-state index contributed by atoms with van der Waals surface area (Å²) in [6, 6.07) is 0. The third kappa shape index (κ3) is 5.12. The zero-order chi connectivity index (χ0) is 8.04. The Morgan fingerprint density at radius 2 is 2.00 bits per heavy atom. The molecule has 0 saturated carbocycles. The third-order valence-electron chi connectivity index (χ3n) is 1.63. The van der Waals surface area contributed by atoms with E-state index >= 15 is 0 Å². The smallest absolute Gasteiger partial charge is 0.0482 e. The van der Waals surface area contributed by atoms with E-state index in [1.807, 2.05) is 11.8 Å². The second-order valence-corrected chi connectivity index (χ2v) is 4.40. The van der Waals surface area contributed by atoms with Crippen LogP contribution >= 0.6 is 11.8 Å². The van der Waals surface area contributed by atoms with E-state index in [4.69, 9.17) is 5.11 Å². The van der Waals surface area contributed by atoms with E-state index in [-0.39, 0.29) is 5.41 Å². The van der Waals surface area contributed by atoms with Gasteiger partial charge in [-0.2, -0.15) is 11.8 Å². The van der Waals surface area contributed by atoms with Crippen molar-refractivity contribution in [3.05, 3.63) is 0 Å². The molecule has 0 saturated heterocycles. The van der Waals surface area contributed by atoms with Crippen LogP contribution in [-0.2, 0) is 0 Å². The van der Waals surface area contributed by atoms with Gasteiger partial charge in [0.15, 0.2) is 0 Å². The fraction of sp³-hybridized carbons (Fsp3) is 1.00. The van der Waals surface area contributed by atoms with Gasteiger partial charge in [-0.3, -0.25) is 0 Å². The lowest BCUT2D eigenvalue weighted by Gasteiger charge is -2.20. The average Bonchev–Trinajstić information content (AvgIpc) is 1.89. The SMILES string of the molecule is CSCCCC(C)(C)CO. The minimum atomic E-state index is 0.135. The fourth-order valence-corrected chi connectivity index (χ4v) is 1.21. The Kier molecular flexibility index (Phi) is 5.18. The predicted molar refractivity (Wildman–Crippen MR) is 48.5 cm³/mol. The first-order valence-corrected chi connectivity index (χ1v) is 5.11. The van der Waals surface area contributed by atoms with Crippen LogP contribution in [0.1, 0.15) is 26.7 Å². The minimum Gasteiger partial charge on any atom is -0.396 e. The van der Waals surface area contributed by atoms with Crippen molar-refractivity contribution in [2.24, 2.45) is 5.41 Å². The summed E-state index contributed by atoms with van der Waals surface area (Å²) in [7, 11) is 0. The Hall–Kier alpha value is 0.310. The molecule has 0 radical (unpaired) electrons. The van der Waals surface area contributed by atoms with Crippen LogP contribution in [0.15, 0.2) is 0 Å². The first-order valence-electron chi connectivity index (χ1n) is 3.72. The summed E-state index contributed by atoms with van der Waals surface area (Å²) >= 11 is 1.87. The van der Waals surface area contributed by atoms with Crippen LogP contribution in [0.5, 0.6) is 0 Å². The number of rotatable bonds is 5. The minimum absolute atomic E-state index is 0.135. The van der Waals surface area contributed by atoms with Gasteiger partial charge in [-0.1, -0.05) is 13.8 Å². The molecule has 62 valence electrons. The van der Waals surface area contributed by atoms with Crippen LogP contribution in [-0.4, -0.2) is 23.7 Å². The molecule has 0 fully saturated rings. The Balaban J connectivity index is 3.28. The average molecular weight is 162 g/mol. The first-order chi connectivity index (χ1) is 4.62. The van der Waals surface area contributed by atoms with E-state index in [2.05, 4.69) is 20.1 Å². The second kappa shape index (κ2) is 5.03. The van der Waals surface area contributed by atoms with Crippen molar-refractivity contribution in [3.8, 4) is 0 Å². The van der Waals surface area contributed by atoms with Crippen molar-refractivity contribution in [2.75, 3.05) is 18.6 Å². The highest BCUT2D eigenvalue weighted by Gasteiger charge is 2.14. The van der Waals surface area contributed by atoms with Gasteiger partial charge in [0.1, 0.15) is 0 Å². The summed E-state index contributed by atoms with van der Waals surface area (Å²) in [6.45, 7) is 4.52. The van der Waals surface area contributed by atoms with Gasteiger partial charge in [0.05, 0.1) is 0 Å². The zero-order valence-corrected chi connectivity index (χ0v) is 8.00. The second-order valence-electron chi connectivity index (χ2n) is 3.42. The quantitative estimate of drug-likeness (QED) is 0.625. The van der Waals surface area contributed by atoms with Crippen molar-refractivity contribution in [1.29, 1.82) is 0 Å². The molecular weight excluding hydrogens is 144 g/mol. The lowest BCUT2D eigenvalue weighted by Crippen LogP contribution is -2.16. The summed E-state index contributed by atoms with van der Waals surface area (Å²) in [5, 5.41) is 8.89. The summed E-state index contributed by atoms with van der Waals surface area (Å²) in [5.74, 6) is 1.21. The zero-order valence-electron chi connectivity index (χ0n) is 7.18. The number of aliphatic hydroxyl groups is 1. The molecule has 0 amide bonds. The number of aliphatic hydroxyl groups excluding tert-OH is 1. The third-order valence-corrected chi connectivity index (χ3v) is 2.33. The summed E-state index contributed by atoms with van der Waals surface area (Å²) in [5.41, 5.74) is 0.135. The molecule has 0 aliphatic heterocycles. The molecule has 0 spiro atoms. The van der Waals surface area contributed by atoms with Gasteiger partial charge < -0.3 is 5.11 Å². The number of hydrogen-bond donors (Lipinski definition) is 1. The highest BCUT2D eigenvalue weighted by atomic mass is 32.2. The highest BCUT2D eigenvalue weighted by molar-refractivity contribution is 7.98. The maximum absolute atomic E-state index is 8.89. The highest BCUT2D eigenvalue weighted by Crippen LogP contribution is 2.21. The van der Waals surface area contributed by atoms with E-state index < -0.39 is 0 Å². The van der Waals surface area contributed by atoms with Gasteiger partial charge in [-0.05, 0) is 30.3 Å². The monoisotopic (exact) mass is 162 g/mol. The Bertz CT molecular complexity index is 81.3. The van der Waals surface area contributed by atoms with E-state index in [1.165, 1.54) is 12.2 Å². The summed E-state index contributed by atoms with van der Waals surface area (Å²) in [4.78, 5) is 0. The first kappa shape index (κ1) is 10.3. The Morgan fingerprint density at radius 3 is 2.40 bits per heavy atom. The Morgan fingerprint density at radius 1 is 1.40 bits per heavy atom. The van der Waals surface area contributed by atoms with Gasteiger partial charge in [0, 0.05) is 6.61 Å². The molecule has 1 nitrogen and oxygen atoms in total. The molecule has 0 unspecified atom stereocenters.